The van der Waals surface area contributed by atoms with Gasteiger partial charge in [0.2, 0.25) is 0 Å². The molecule has 0 saturated heterocycles. The molecule has 4 heteroatoms. The lowest BCUT2D eigenvalue weighted by molar-refractivity contribution is 0.315. The number of ether oxygens (including phenoxy) is 1. The predicted molar refractivity (Wildman–Crippen MR) is 81.6 cm³/mol. The smallest absolute Gasteiger partial charge is 0.141 e. The molecule has 0 atom stereocenters. The Hall–Kier alpha value is -2.07. The molecular formula is C16H21N3O. The molecule has 4 nitrogen and oxygen atoms in total. The monoisotopic (exact) mass is 271 g/mol. The van der Waals surface area contributed by atoms with E-state index in [1.165, 1.54) is 5.56 Å². The molecule has 106 valence electrons. The number of rotatable bonds is 5. The van der Waals surface area contributed by atoms with E-state index in [0.29, 0.717) is 5.69 Å². The number of hydrogen-bond donors (Lipinski definition) is 1. The summed E-state index contributed by atoms with van der Waals surface area (Å²) in [5.74, 6) is 0.719. The summed E-state index contributed by atoms with van der Waals surface area (Å²) >= 11 is 0. The number of methoxy groups -OCH3 is 1. The summed E-state index contributed by atoms with van der Waals surface area (Å²) in [6, 6.07) is 12.0. The van der Waals surface area contributed by atoms with Crippen molar-refractivity contribution in [3.05, 3.63) is 53.3 Å². The number of nitrogens with two attached hydrogens (primary N) is 1. The number of nitrogens with zero attached hydrogens (tertiary/aromatic N) is 2. The van der Waals surface area contributed by atoms with E-state index in [1.54, 1.807) is 7.11 Å². The third-order valence-electron chi connectivity index (χ3n) is 3.12. The number of aryl methyl sites for hydroxylation is 1. The van der Waals surface area contributed by atoms with Crippen molar-refractivity contribution in [2.75, 3.05) is 19.9 Å². The second-order valence-electron chi connectivity index (χ2n) is 5.02. The molecule has 0 aliphatic carbocycles. The molecular weight excluding hydrogens is 250 g/mol. The van der Waals surface area contributed by atoms with Gasteiger partial charge in [-0.2, -0.15) is 0 Å². The van der Waals surface area contributed by atoms with E-state index in [0.717, 1.165) is 30.2 Å². The first-order valence-electron chi connectivity index (χ1n) is 6.62. The van der Waals surface area contributed by atoms with Gasteiger partial charge in [0.1, 0.15) is 5.75 Å². The third-order valence-corrected chi connectivity index (χ3v) is 3.12. The van der Waals surface area contributed by atoms with Crippen molar-refractivity contribution < 1.29 is 4.74 Å². The van der Waals surface area contributed by atoms with Crippen LogP contribution in [0, 0.1) is 6.92 Å². The second-order valence-corrected chi connectivity index (χ2v) is 5.02. The minimum atomic E-state index is 0.673. The van der Waals surface area contributed by atoms with E-state index in [1.807, 2.05) is 43.3 Å². The van der Waals surface area contributed by atoms with Crippen LogP contribution in [0.1, 0.15) is 17.0 Å². The molecule has 1 aromatic carbocycles. The van der Waals surface area contributed by atoms with Gasteiger partial charge in [-0.05, 0) is 43.8 Å². The average Bonchev–Trinajstić information content (AvgIpc) is 2.38. The Morgan fingerprint density at radius 3 is 2.65 bits per heavy atom. The Bertz CT molecular complexity index is 584. The van der Waals surface area contributed by atoms with Crippen LogP contribution < -0.4 is 10.5 Å². The number of hydrogen-bond acceptors (Lipinski definition) is 4. The maximum absolute atomic E-state index is 5.92. The number of nitrogen functional groups attached to an aromatic ring is 1. The molecule has 0 spiro atoms. The van der Waals surface area contributed by atoms with Crippen LogP contribution in [0.25, 0.3) is 0 Å². The summed E-state index contributed by atoms with van der Waals surface area (Å²) < 4.78 is 5.17. The predicted octanol–water partition coefficient (Wildman–Crippen LogP) is 2.61. The van der Waals surface area contributed by atoms with Gasteiger partial charge < -0.3 is 10.5 Å². The summed E-state index contributed by atoms with van der Waals surface area (Å²) in [6.07, 6.45) is 0. The van der Waals surface area contributed by atoms with E-state index in [-0.39, 0.29) is 0 Å². The summed E-state index contributed by atoms with van der Waals surface area (Å²) in [7, 11) is 3.70. The maximum atomic E-state index is 5.92. The molecule has 0 radical (unpaired) electrons. The highest BCUT2D eigenvalue weighted by atomic mass is 16.5. The van der Waals surface area contributed by atoms with Crippen molar-refractivity contribution in [2.45, 2.75) is 20.0 Å². The molecule has 2 rings (SSSR count). The van der Waals surface area contributed by atoms with Crippen LogP contribution in [0.3, 0.4) is 0 Å². The van der Waals surface area contributed by atoms with Crippen molar-refractivity contribution in [3.63, 3.8) is 0 Å². The Labute approximate surface area is 120 Å². The van der Waals surface area contributed by atoms with Crippen LogP contribution in [0.2, 0.25) is 0 Å². The van der Waals surface area contributed by atoms with E-state index in [4.69, 9.17) is 10.5 Å². The Morgan fingerprint density at radius 2 is 2.00 bits per heavy atom. The lowest BCUT2D eigenvalue weighted by Gasteiger charge is -2.17. The molecule has 0 saturated carbocycles. The minimum Gasteiger partial charge on any atom is -0.495 e. The van der Waals surface area contributed by atoms with Crippen LogP contribution in [-0.2, 0) is 13.1 Å². The highest BCUT2D eigenvalue weighted by Gasteiger charge is 2.05. The molecule has 1 heterocycles. The van der Waals surface area contributed by atoms with Gasteiger partial charge in [0.25, 0.3) is 0 Å². The molecule has 0 bridgehead atoms. The van der Waals surface area contributed by atoms with Gasteiger partial charge in [-0.3, -0.25) is 9.88 Å². The average molecular weight is 271 g/mol. The number of aromatic nitrogens is 1. The van der Waals surface area contributed by atoms with E-state index in [2.05, 4.69) is 16.9 Å². The normalized spacial score (nSPS) is 10.8. The lowest BCUT2D eigenvalue weighted by Crippen LogP contribution is -2.18. The first-order valence-corrected chi connectivity index (χ1v) is 6.62. The SMILES string of the molecule is COc1ccc(CN(C)Cc2cccc(C)n2)cc1N. The number of anilines is 1. The van der Waals surface area contributed by atoms with Crippen molar-refractivity contribution in [3.8, 4) is 5.75 Å². The van der Waals surface area contributed by atoms with Crippen molar-refractivity contribution in [2.24, 2.45) is 0 Å². The molecule has 0 fully saturated rings. The Kier molecular flexibility index (Phi) is 4.58. The van der Waals surface area contributed by atoms with Crippen LogP contribution in [0.15, 0.2) is 36.4 Å². The molecule has 2 N–H and O–H groups in total. The van der Waals surface area contributed by atoms with Crippen molar-refractivity contribution in [1.29, 1.82) is 0 Å². The zero-order valence-electron chi connectivity index (χ0n) is 12.3. The topological polar surface area (TPSA) is 51.4 Å². The second kappa shape index (κ2) is 6.39. The first-order chi connectivity index (χ1) is 9.58. The van der Waals surface area contributed by atoms with E-state index in [9.17, 15) is 0 Å². The van der Waals surface area contributed by atoms with Crippen LogP contribution in [0.5, 0.6) is 5.75 Å². The summed E-state index contributed by atoms with van der Waals surface area (Å²) in [5.41, 5.74) is 9.89. The van der Waals surface area contributed by atoms with E-state index >= 15 is 0 Å². The quantitative estimate of drug-likeness (QED) is 0.849. The third kappa shape index (κ3) is 3.71. The van der Waals surface area contributed by atoms with Crippen molar-refractivity contribution >= 4 is 5.69 Å². The summed E-state index contributed by atoms with van der Waals surface area (Å²) in [6.45, 7) is 3.64. The van der Waals surface area contributed by atoms with Gasteiger partial charge in [0.15, 0.2) is 0 Å². The molecule has 0 unspecified atom stereocenters. The van der Waals surface area contributed by atoms with Gasteiger partial charge in [-0.15, -0.1) is 0 Å². The van der Waals surface area contributed by atoms with Crippen LogP contribution in [-0.4, -0.2) is 24.0 Å². The molecule has 20 heavy (non-hydrogen) atoms. The van der Waals surface area contributed by atoms with E-state index < -0.39 is 0 Å². The fraction of sp³-hybridized carbons (Fsp3) is 0.312. The standard InChI is InChI=1S/C16H21N3O/c1-12-5-4-6-14(18-12)11-19(2)10-13-7-8-16(20-3)15(17)9-13/h4-9H,10-11,17H2,1-3H3. The highest BCUT2D eigenvalue weighted by molar-refractivity contribution is 5.54. The van der Waals surface area contributed by atoms with Crippen LogP contribution in [0.4, 0.5) is 5.69 Å². The number of pyridine rings is 1. The Balaban J connectivity index is 2.01. The fourth-order valence-electron chi connectivity index (χ4n) is 2.21. The van der Waals surface area contributed by atoms with Gasteiger partial charge in [-0.25, -0.2) is 0 Å². The number of benzene rings is 1. The van der Waals surface area contributed by atoms with Gasteiger partial charge in [-0.1, -0.05) is 12.1 Å². The van der Waals surface area contributed by atoms with Crippen molar-refractivity contribution in [1.82, 2.24) is 9.88 Å². The minimum absolute atomic E-state index is 0.673. The lowest BCUT2D eigenvalue weighted by atomic mass is 10.1. The highest BCUT2D eigenvalue weighted by Crippen LogP contribution is 2.22. The maximum Gasteiger partial charge on any atom is 0.141 e. The summed E-state index contributed by atoms with van der Waals surface area (Å²) in [4.78, 5) is 6.72. The molecule has 1 aromatic heterocycles. The molecule has 0 aliphatic heterocycles. The molecule has 2 aromatic rings. The van der Waals surface area contributed by atoms with Gasteiger partial charge in [0, 0.05) is 18.8 Å². The zero-order chi connectivity index (χ0) is 14.5. The first kappa shape index (κ1) is 14.3. The largest absolute Gasteiger partial charge is 0.495 e. The van der Waals surface area contributed by atoms with Crippen LogP contribution >= 0.6 is 0 Å². The van der Waals surface area contributed by atoms with Gasteiger partial charge >= 0.3 is 0 Å². The molecule has 0 aliphatic rings. The molecule has 0 amide bonds. The summed E-state index contributed by atoms with van der Waals surface area (Å²) in [5, 5.41) is 0. The van der Waals surface area contributed by atoms with Gasteiger partial charge in [0.05, 0.1) is 18.5 Å². The zero-order valence-corrected chi connectivity index (χ0v) is 12.3. The fourth-order valence-corrected chi connectivity index (χ4v) is 2.21. The Morgan fingerprint density at radius 1 is 1.20 bits per heavy atom.